The van der Waals surface area contributed by atoms with Crippen molar-refractivity contribution in [3.63, 3.8) is 0 Å². The first-order chi connectivity index (χ1) is 28.5. The zero-order valence-corrected chi connectivity index (χ0v) is 32.0. The summed E-state index contributed by atoms with van der Waals surface area (Å²) in [7, 11) is 0. The average molecular weight is 745 g/mol. The van der Waals surface area contributed by atoms with Crippen molar-refractivity contribution in [2.45, 2.75) is 13.8 Å². The Labute approximate surface area is 335 Å². The Morgan fingerprint density at radius 1 is 0.362 bits per heavy atom. The Hall–Kier alpha value is -7.63. The van der Waals surface area contributed by atoms with Crippen molar-refractivity contribution in [3.05, 3.63) is 193 Å². The number of benzene rings is 8. The van der Waals surface area contributed by atoms with E-state index < -0.39 is 0 Å². The molecule has 0 aliphatic rings. The molecule has 8 aromatic carbocycles. The molecule has 0 spiro atoms. The fourth-order valence-corrected chi connectivity index (χ4v) is 8.48. The van der Waals surface area contributed by atoms with Gasteiger partial charge < -0.3 is 8.98 Å². The molecule has 3 aromatic heterocycles. The monoisotopic (exact) mass is 744 g/mol. The van der Waals surface area contributed by atoms with Crippen LogP contribution < -0.4 is 0 Å². The Morgan fingerprint density at radius 3 is 1.66 bits per heavy atom. The van der Waals surface area contributed by atoms with Crippen LogP contribution in [0.25, 0.3) is 106 Å². The maximum Gasteiger partial charge on any atom is 0.166 e. The summed E-state index contributed by atoms with van der Waals surface area (Å²) >= 11 is 0. The molecule has 0 atom stereocenters. The first kappa shape index (κ1) is 33.7. The molecule has 274 valence electrons. The molecule has 11 aromatic rings. The van der Waals surface area contributed by atoms with Gasteiger partial charge in [-0.15, -0.1) is 0 Å². The predicted molar refractivity (Wildman–Crippen MR) is 238 cm³/mol. The lowest BCUT2D eigenvalue weighted by atomic mass is 9.99. The number of hydrogen-bond acceptors (Lipinski definition) is 4. The summed E-state index contributed by atoms with van der Waals surface area (Å²) in [5.74, 6) is 1.82. The second kappa shape index (κ2) is 13.5. The number of hydrogen-bond donors (Lipinski definition) is 0. The molecular formula is C53H36N4O. The molecule has 11 rings (SSSR count). The van der Waals surface area contributed by atoms with Crippen LogP contribution in [0.4, 0.5) is 0 Å². The maximum absolute atomic E-state index is 6.36. The van der Waals surface area contributed by atoms with E-state index in [1.807, 2.05) is 72.8 Å². The average Bonchev–Trinajstić information content (AvgIpc) is 3.81. The van der Waals surface area contributed by atoms with Crippen LogP contribution in [0.15, 0.2) is 186 Å². The molecule has 0 aliphatic heterocycles. The minimum atomic E-state index is 0.590. The summed E-state index contributed by atoms with van der Waals surface area (Å²) in [6, 6.07) is 63.9. The van der Waals surface area contributed by atoms with Crippen molar-refractivity contribution >= 4 is 43.7 Å². The molecule has 5 heteroatoms. The molecule has 0 unspecified atom stereocenters. The van der Waals surface area contributed by atoms with Gasteiger partial charge in [-0.1, -0.05) is 145 Å². The summed E-state index contributed by atoms with van der Waals surface area (Å²) in [5.41, 5.74) is 14.6. The van der Waals surface area contributed by atoms with Crippen molar-refractivity contribution in [2.24, 2.45) is 0 Å². The van der Waals surface area contributed by atoms with Crippen LogP contribution in [0.2, 0.25) is 0 Å². The van der Waals surface area contributed by atoms with Crippen molar-refractivity contribution in [1.82, 2.24) is 19.5 Å². The second-order valence-corrected chi connectivity index (χ2v) is 15.0. The van der Waals surface area contributed by atoms with E-state index >= 15 is 0 Å². The molecule has 0 saturated heterocycles. The SMILES string of the molecule is Cc1cc(C)cc(-c2ccc3c(c2)c2ccccc2n3-c2ccc(-c3ccc4c(c3)oc3ccccc34)cc2-c2nc(-c3ccccc3)nc(-c3ccccc3)n2)c1. The Morgan fingerprint density at radius 2 is 0.914 bits per heavy atom. The number of aromatic nitrogens is 4. The van der Waals surface area contributed by atoms with Gasteiger partial charge in [0, 0.05) is 38.2 Å². The van der Waals surface area contributed by atoms with Crippen LogP contribution in [0.5, 0.6) is 0 Å². The van der Waals surface area contributed by atoms with Gasteiger partial charge in [-0.05, 0) is 84.6 Å². The number of para-hydroxylation sites is 2. The zero-order chi connectivity index (χ0) is 38.7. The lowest BCUT2D eigenvalue weighted by molar-refractivity contribution is 0.669. The molecule has 0 radical (unpaired) electrons. The van der Waals surface area contributed by atoms with E-state index in [2.05, 4.69) is 128 Å². The second-order valence-electron chi connectivity index (χ2n) is 15.0. The quantitative estimate of drug-likeness (QED) is 0.170. The van der Waals surface area contributed by atoms with Gasteiger partial charge in [0.25, 0.3) is 0 Å². The molecule has 5 nitrogen and oxygen atoms in total. The number of furan rings is 1. The minimum Gasteiger partial charge on any atom is -0.456 e. The number of nitrogens with zero attached hydrogens (tertiary/aromatic N) is 4. The van der Waals surface area contributed by atoms with E-state index in [1.54, 1.807) is 0 Å². The van der Waals surface area contributed by atoms with Crippen molar-refractivity contribution < 1.29 is 4.42 Å². The summed E-state index contributed by atoms with van der Waals surface area (Å²) in [6.07, 6.45) is 0. The molecule has 0 amide bonds. The third-order valence-corrected chi connectivity index (χ3v) is 11.1. The van der Waals surface area contributed by atoms with Crippen LogP contribution in [0.1, 0.15) is 11.1 Å². The van der Waals surface area contributed by atoms with E-state index in [1.165, 1.54) is 33.0 Å². The first-order valence-corrected chi connectivity index (χ1v) is 19.6. The molecule has 0 fully saturated rings. The largest absolute Gasteiger partial charge is 0.456 e. The number of fused-ring (bicyclic) bond motifs is 6. The van der Waals surface area contributed by atoms with Crippen LogP contribution in [0, 0.1) is 13.8 Å². The molecule has 0 saturated carbocycles. The molecule has 0 N–H and O–H groups in total. The highest BCUT2D eigenvalue weighted by Crippen LogP contribution is 2.40. The highest BCUT2D eigenvalue weighted by atomic mass is 16.3. The van der Waals surface area contributed by atoms with Gasteiger partial charge in [0.2, 0.25) is 0 Å². The first-order valence-electron chi connectivity index (χ1n) is 19.6. The molecule has 0 aliphatic carbocycles. The Balaban J connectivity index is 1.18. The molecule has 0 bridgehead atoms. The van der Waals surface area contributed by atoms with Gasteiger partial charge in [-0.2, -0.15) is 0 Å². The van der Waals surface area contributed by atoms with Crippen LogP contribution in [-0.4, -0.2) is 19.5 Å². The summed E-state index contributed by atoms with van der Waals surface area (Å²) in [4.78, 5) is 15.6. The van der Waals surface area contributed by atoms with Gasteiger partial charge in [0.15, 0.2) is 17.5 Å². The highest BCUT2D eigenvalue weighted by molar-refractivity contribution is 6.11. The summed E-state index contributed by atoms with van der Waals surface area (Å²) in [6.45, 7) is 4.32. The topological polar surface area (TPSA) is 56.7 Å². The van der Waals surface area contributed by atoms with E-state index in [0.717, 1.165) is 66.5 Å². The fraction of sp³-hybridized carbons (Fsp3) is 0.0377. The standard InChI is InChI=1S/C53H36N4O/c1-33-27-34(2)29-40(28-33)38-23-25-47-44(30-38)41-17-9-11-19-46(41)57(47)48-26-22-37(39-21-24-43-42-18-10-12-20-49(42)58-50(43)32-39)31-45(48)53-55-51(35-13-5-3-6-14-35)54-52(56-53)36-15-7-4-8-16-36/h3-32H,1-2H3. The van der Waals surface area contributed by atoms with E-state index in [0.29, 0.717) is 17.5 Å². The van der Waals surface area contributed by atoms with Gasteiger partial charge in [-0.25, -0.2) is 15.0 Å². The van der Waals surface area contributed by atoms with Gasteiger partial charge in [0.05, 0.1) is 16.7 Å². The lowest BCUT2D eigenvalue weighted by Crippen LogP contribution is -2.04. The predicted octanol–water partition coefficient (Wildman–Crippen LogP) is 13.8. The van der Waals surface area contributed by atoms with Crippen molar-refractivity contribution in [2.75, 3.05) is 0 Å². The van der Waals surface area contributed by atoms with Gasteiger partial charge >= 0.3 is 0 Å². The Kier molecular flexibility index (Phi) is 7.86. The molecule has 3 heterocycles. The normalized spacial score (nSPS) is 11.6. The van der Waals surface area contributed by atoms with E-state index in [9.17, 15) is 0 Å². The minimum absolute atomic E-state index is 0.590. The van der Waals surface area contributed by atoms with Crippen molar-refractivity contribution in [3.8, 4) is 62.1 Å². The smallest absolute Gasteiger partial charge is 0.166 e. The Bertz CT molecular complexity index is 3280. The molecular weight excluding hydrogens is 709 g/mol. The van der Waals surface area contributed by atoms with E-state index in [-0.39, 0.29) is 0 Å². The highest BCUT2D eigenvalue weighted by Gasteiger charge is 2.21. The number of rotatable bonds is 6. The maximum atomic E-state index is 6.36. The van der Waals surface area contributed by atoms with Crippen molar-refractivity contribution in [1.29, 1.82) is 0 Å². The van der Waals surface area contributed by atoms with Gasteiger partial charge in [0.1, 0.15) is 11.2 Å². The molecule has 58 heavy (non-hydrogen) atoms. The third kappa shape index (κ3) is 5.75. The lowest BCUT2D eigenvalue weighted by Gasteiger charge is -2.16. The number of aryl methyl sites for hydroxylation is 2. The third-order valence-electron chi connectivity index (χ3n) is 11.1. The summed E-state index contributed by atoms with van der Waals surface area (Å²) < 4.78 is 8.72. The summed E-state index contributed by atoms with van der Waals surface area (Å²) in [5, 5.41) is 4.57. The van der Waals surface area contributed by atoms with Crippen LogP contribution >= 0.6 is 0 Å². The fourth-order valence-electron chi connectivity index (χ4n) is 8.48. The van der Waals surface area contributed by atoms with Gasteiger partial charge in [-0.3, -0.25) is 0 Å². The zero-order valence-electron chi connectivity index (χ0n) is 32.0. The van der Waals surface area contributed by atoms with Crippen LogP contribution in [-0.2, 0) is 0 Å². The van der Waals surface area contributed by atoms with Crippen LogP contribution in [0.3, 0.4) is 0 Å². The van der Waals surface area contributed by atoms with E-state index in [4.69, 9.17) is 19.4 Å².